The summed E-state index contributed by atoms with van der Waals surface area (Å²) in [7, 11) is 0. The van der Waals surface area contributed by atoms with Crippen LogP contribution in [0.15, 0.2) is 194 Å². The van der Waals surface area contributed by atoms with Crippen LogP contribution in [0.1, 0.15) is 0 Å². The number of fused-ring (bicyclic) bond motifs is 3. The van der Waals surface area contributed by atoms with Gasteiger partial charge in [0.1, 0.15) is 0 Å². The summed E-state index contributed by atoms with van der Waals surface area (Å²) in [6, 6.07) is 65.5. The third kappa shape index (κ3) is 6.29. The van der Waals surface area contributed by atoms with Crippen LogP contribution < -0.4 is 0 Å². The molecule has 0 amide bonds. The molecular formula is C51H32N6. The van der Waals surface area contributed by atoms with Crippen LogP contribution in [-0.4, -0.2) is 24.5 Å². The minimum atomic E-state index is 0.557. The second-order valence-corrected chi connectivity index (χ2v) is 13.8. The highest BCUT2D eigenvalue weighted by Crippen LogP contribution is 2.40. The number of aromatic nitrogens is 5. The highest BCUT2D eigenvalue weighted by molar-refractivity contribution is 6.10. The van der Waals surface area contributed by atoms with Crippen molar-refractivity contribution in [1.82, 2.24) is 24.5 Å². The number of rotatable bonds is 7. The predicted octanol–water partition coefficient (Wildman–Crippen LogP) is 12.9. The fourth-order valence-electron chi connectivity index (χ4n) is 7.51. The van der Waals surface area contributed by atoms with E-state index in [1.165, 1.54) is 0 Å². The summed E-state index contributed by atoms with van der Waals surface area (Å²) in [6.07, 6.45) is 0. The molecule has 0 N–H and O–H groups in total. The van der Waals surface area contributed by atoms with E-state index in [1.54, 1.807) is 0 Å². The Morgan fingerprint density at radius 3 is 1.33 bits per heavy atom. The number of hydrogen-bond acceptors (Lipinski definition) is 4. The summed E-state index contributed by atoms with van der Waals surface area (Å²) in [5, 5.41) is 2.15. The fraction of sp³-hybridized carbons (Fsp3) is 0. The molecule has 7 aromatic carbocycles. The smallest absolute Gasteiger partial charge is 0.189 e. The summed E-state index contributed by atoms with van der Waals surface area (Å²) in [4.78, 5) is 24.8. The van der Waals surface area contributed by atoms with Crippen LogP contribution in [0.25, 0.3) is 100 Å². The highest BCUT2D eigenvalue weighted by atomic mass is 15.0. The van der Waals surface area contributed by atoms with Crippen molar-refractivity contribution in [1.29, 1.82) is 0 Å². The SMILES string of the molecule is [C-]#[N+]c1ccc2c3ccccc3n(-c3ccc(-c4nc(-c5ccccc5)cc(-c5ccccc5)n4)cc3-c3nc(-c4ccccc4)cc(-c4ccccc4)n3)c2c1. The molecule has 6 heteroatoms. The first-order valence-corrected chi connectivity index (χ1v) is 18.8. The fourth-order valence-corrected chi connectivity index (χ4v) is 7.51. The van der Waals surface area contributed by atoms with Crippen LogP contribution in [0.3, 0.4) is 0 Å². The van der Waals surface area contributed by atoms with Crippen molar-refractivity contribution >= 4 is 27.5 Å². The van der Waals surface area contributed by atoms with Gasteiger partial charge in [-0.3, -0.25) is 0 Å². The average Bonchev–Trinajstić information content (AvgIpc) is 3.63. The first kappa shape index (κ1) is 33.6. The Morgan fingerprint density at radius 2 is 0.825 bits per heavy atom. The van der Waals surface area contributed by atoms with Gasteiger partial charge >= 0.3 is 0 Å². The molecule has 57 heavy (non-hydrogen) atoms. The molecule has 0 saturated carbocycles. The zero-order chi connectivity index (χ0) is 38.1. The molecule has 3 aromatic heterocycles. The van der Waals surface area contributed by atoms with E-state index in [4.69, 9.17) is 26.5 Å². The van der Waals surface area contributed by atoms with Crippen molar-refractivity contribution in [2.24, 2.45) is 0 Å². The van der Waals surface area contributed by atoms with Crippen molar-refractivity contribution in [3.63, 3.8) is 0 Å². The zero-order valence-corrected chi connectivity index (χ0v) is 30.7. The lowest BCUT2D eigenvalue weighted by atomic mass is 10.0. The molecular weight excluding hydrogens is 697 g/mol. The standard InChI is InChI=1S/C51H32N6/c1-52-39-27-28-41-40-24-14-15-25-47(40)57(49(41)31-39)48-29-26-38(50-53-43(34-16-6-2-7-17-34)32-44(54-50)35-18-8-3-9-19-35)30-42(48)51-55-45(36-20-10-4-11-21-36)33-46(56-51)37-22-12-5-13-23-37/h2-33H. The van der Waals surface area contributed by atoms with Crippen molar-refractivity contribution in [3.8, 4) is 73.5 Å². The Morgan fingerprint density at radius 1 is 0.368 bits per heavy atom. The van der Waals surface area contributed by atoms with Gasteiger partial charge in [0.2, 0.25) is 0 Å². The lowest BCUT2D eigenvalue weighted by molar-refractivity contribution is 1.13. The molecule has 0 aliphatic carbocycles. The summed E-state index contributed by atoms with van der Waals surface area (Å²) >= 11 is 0. The predicted molar refractivity (Wildman–Crippen MR) is 231 cm³/mol. The maximum Gasteiger partial charge on any atom is 0.189 e. The largest absolute Gasteiger partial charge is 0.310 e. The molecule has 0 spiro atoms. The Hall–Kier alpha value is -8.01. The second kappa shape index (κ2) is 14.3. The molecule has 0 aliphatic rings. The Bertz CT molecular complexity index is 3000. The van der Waals surface area contributed by atoms with Crippen LogP contribution in [0.5, 0.6) is 0 Å². The number of nitrogens with zero attached hydrogens (tertiary/aromatic N) is 6. The molecule has 0 atom stereocenters. The maximum absolute atomic E-state index is 7.88. The van der Waals surface area contributed by atoms with Crippen molar-refractivity contribution < 1.29 is 0 Å². The molecule has 0 unspecified atom stereocenters. The van der Waals surface area contributed by atoms with Gasteiger partial charge in [-0.1, -0.05) is 152 Å². The Balaban J connectivity index is 1.28. The minimum Gasteiger partial charge on any atom is -0.310 e. The number of hydrogen-bond donors (Lipinski definition) is 0. The molecule has 0 fully saturated rings. The first-order chi connectivity index (χ1) is 28.2. The van der Waals surface area contributed by atoms with Crippen molar-refractivity contribution in [2.75, 3.05) is 0 Å². The van der Waals surface area contributed by atoms with Crippen LogP contribution in [0.2, 0.25) is 0 Å². The molecule has 0 aliphatic heterocycles. The Labute approximate surface area is 329 Å². The van der Waals surface area contributed by atoms with Gasteiger partial charge in [-0.2, -0.15) is 0 Å². The van der Waals surface area contributed by atoms with Gasteiger partial charge in [-0.15, -0.1) is 0 Å². The van der Waals surface area contributed by atoms with Crippen LogP contribution in [-0.2, 0) is 0 Å². The number of benzene rings is 7. The molecule has 10 rings (SSSR count). The van der Waals surface area contributed by atoms with E-state index < -0.39 is 0 Å². The van der Waals surface area contributed by atoms with Gasteiger partial charge in [0.15, 0.2) is 17.3 Å². The molecule has 3 heterocycles. The third-order valence-electron chi connectivity index (χ3n) is 10.3. The maximum atomic E-state index is 7.88. The van der Waals surface area contributed by atoms with E-state index in [9.17, 15) is 0 Å². The lowest BCUT2D eigenvalue weighted by Crippen LogP contribution is -2.03. The molecule has 6 nitrogen and oxygen atoms in total. The van der Waals surface area contributed by atoms with Gasteiger partial charge in [0.05, 0.1) is 40.6 Å². The highest BCUT2D eigenvalue weighted by Gasteiger charge is 2.21. The second-order valence-electron chi connectivity index (χ2n) is 13.8. The van der Waals surface area contributed by atoms with Gasteiger partial charge in [-0.05, 0) is 42.5 Å². The van der Waals surface area contributed by atoms with E-state index in [0.717, 1.165) is 83.6 Å². The van der Waals surface area contributed by atoms with Gasteiger partial charge < -0.3 is 4.57 Å². The zero-order valence-electron chi connectivity index (χ0n) is 30.7. The van der Waals surface area contributed by atoms with E-state index in [-0.39, 0.29) is 0 Å². The van der Waals surface area contributed by atoms with Gasteiger partial charge in [0.25, 0.3) is 0 Å². The molecule has 266 valence electrons. The number of para-hydroxylation sites is 1. The monoisotopic (exact) mass is 728 g/mol. The van der Waals surface area contributed by atoms with E-state index in [2.05, 4.69) is 113 Å². The van der Waals surface area contributed by atoms with Crippen LogP contribution in [0, 0.1) is 6.57 Å². The molecule has 0 bridgehead atoms. The summed E-state index contributed by atoms with van der Waals surface area (Å²) in [5.74, 6) is 1.14. The van der Waals surface area contributed by atoms with E-state index in [0.29, 0.717) is 17.3 Å². The van der Waals surface area contributed by atoms with Gasteiger partial charge in [0, 0.05) is 49.7 Å². The van der Waals surface area contributed by atoms with E-state index in [1.807, 2.05) is 91.0 Å². The van der Waals surface area contributed by atoms with Crippen LogP contribution >= 0.6 is 0 Å². The molecule has 10 aromatic rings. The summed E-state index contributed by atoms with van der Waals surface area (Å²) in [6.45, 7) is 7.88. The minimum absolute atomic E-state index is 0.557. The van der Waals surface area contributed by atoms with Crippen molar-refractivity contribution in [3.05, 3.63) is 206 Å². The first-order valence-electron chi connectivity index (χ1n) is 18.8. The topological polar surface area (TPSA) is 60.9 Å². The normalized spacial score (nSPS) is 11.1. The average molecular weight is 729 g/mol. The third-order valence-corrected chi connectivity index (χ3v) is 10.3. The lowest BCUT2D eigenvalue weighted by Gasteiger charge is -2.17. The Kier molecular flexibility index (Phi) is 8.44. The molecule has 0 radical (unpaired) electrons. The quantitative estimate of drug-likeness (QED) is 0.153. The van der Waals surface area contributed by atoms with Crippen molar-refractivity contribution in [2.45, 2.75) is 0 Å². The van der Waals surface area contributed by atoms with E-state index >= 15 is 0 Å². The molecule has 0 saturated heterocycles. The van der Waals surface area contributed by atoms with Crippen LogP contribution in [0.4, 0.5) is 5.69 Å². The summed E-state index contributed by atoms with van der Waals surface area (Å²) < 4.78 is 2.23. The van der Waals surface area contributed by atoms with Gasteiger partial charge in [-0.25, -0.2) is 24.8 Å². The summed E-state index contributed by atoms with van der Waals surface area (Å²) in [5.41, 5.74) is 12.2.